The van der Waals surface area contributed by atoms with Crippen LogP contribution < -0.4 is 10.1 Å². The van der Waals surface area contributed by atoms with Crippen molar-refractivity contribution in [1.29, 1.82) is 0 Å². The molecule has 2 rings (SSSR count). The van der Waals surface area contributed by atoms with Crippen molar-refractivity contribution in [3.8, 4) is 5.75 Å². The minimum atomic E-state index is -3.18. The van der Waals surface area contributed by atoms with E-state index in [1.165, 1.54) is 28.6 Å². The lowest BCUT2D eigenvalue weighted by Crippen LogP contribution is -2.35. The molecule has 1 N–H and O–H groups in total. The number of hydrogen-bond acceptors (Lipinski definition) is 4. The van der Waals surface area contributed by atoms with E-state index >= 15 is 0 Å². The van der Waals surface area contributed by atoms with Gasteiger partial charge in [0.1, 0.15) is 5.75 Å². The van der Waals surface area contributed by atoms with Gasteiger partial charge in [0.05, 0.1) is 5.75 Å². The van der Waals surface area contributed by atoms with Crippen molar-refractivity contribution in [3.63, 3.8) is 0 Å². The summed E-state index contributed by atoms with van der Waals surface area (Å²) in [6.45, 7) is -2.09. The predicted octanol–water partition coefficient (Wildman–Crippen LogP) is 1.45. The van der Waals surface area contributed by atoms with Gasteiger partial charge in [-0.1, -0.05) is 18.2 Å². The number of sulfonamides is 1. The molecule has 1 aromatic rings. The van der Waals surface area contributed by atoms with Gasteiger partial charge in [-0.05, 0) is 18.6 Å². The van der Waals surface area contributed by atoms with Crippen LogP contribution in [0.3, 0.4) is 0 Å². The van der Waals surface area contributed by atoms with Crippen molar-refractivity contribution in [2.75, 3.05) is 25.4 Å². The summed E-state index contributed by atoms with van der Waals surface area (Å²) in [6.07, 6.45) is 3.14. The van der Waals surface area contributed by atoms with E-state index in [2.05, 4.69) is 10.1 Å². The Bertz CT molecular complexity index is 707. The van der Waals surface area contributed by atoms with Crippen LogP contribution in [-0.2, 0) is 14.8 Å². The number of para-hydroxylation sites is 1. The first-order valence-electron chi connectivity index (χ1n) is 7.36. The zero-order valence-electron chi connectivity index (χ0n) is 12.8. The molecule has 6 nitrogen and oxygen atoms in total. The van der Waals surface area contributed by atoms with Gasteiger partial charge in [0.15, 0.2) is 0 Å². The number of carbonyl (C=O) groups is 1. The van der Waals surface area contributed by atoms with Crippen molar-refractivity contribution >= 4 is 22.0 Å². The Morgan fingerprint density at radius 1 is 1.38 bits per heavy atom. The number of hydrogen-bond donors (Lipinski definition) is 1. The van der Waals surface area contributed by atoms with Crippen molar-refractivity contribution in [2.24, 2.45) is 0 Å². The van der Waals surface area contributed by atoms with Crippen LogP contribution in [0, 0.1) is 0 Å². The second-order valence-corrected chi connectivity index (χ2v) is 7.20. The Morgan fingerprint density at radius 3 is 2.79 bits per heavy atom. The maximum absolute atomic E-state index is 12.3. The molecule has 1 amide bonds. The summed E-state index contributed by atoms with van der Waals surface area (Å²) in [5, 5.41) is 2.56. The van der Waals surface area contributed by atoms with E-state index in [0.29, 0.717) is 18.5 Å². The maximum Gasteiger partial charge on any atom is 0.387 e. The lowest BCUT2D eigenvalue weighted by molar-refractivity contribution is -0.116. The molecular weight excluding hydrogens is 342 g/mol. The van der Waals surface area contributed by atoms with E-state index in [0.717, 1.165) is 0 Å². The molecule has 0 aromatic heterocycles. The van der Waals surface area contributed by atoms with Crippen LogP contribution in [0.4, 0.5) is 8.78 Å². The molecule has 0 saturated carbocycles. The molecule has 0 atom stereocenters. The van der Waals surface area contributed by atoms with Gasteiger partial charge in [0.2, 0.25) is 15.9 Å². The number of amides is 1. The Kier molecular flexibility index (Phi) is 6.27. The molecule has 0 unspecified atom stereocenters. The zero-order chi connectivity index (χ0) is 17.6. The summed E-state index contributed by atoms with van der Waals surface area (Å²) in [4.78, 5) is 11.7. The molecule has 0 aliphatic carbocycles. The van der Waals surface area contributed by atoms with Gasteiger partial charge in [-0.25, -0.2) is 12.7 Å². The van der Waals surface area contributed by atoms with Gasteiger partial charge in [-0.3, -0.25) is 4.79 Å². The number of nitrogens with one attached hydrogen (secondary N) is 1. The standard InChI is InChI=1S/C15H18F2N2O4S/c16-15(17)23-13-5-2-1-4-12(13)6-7-14(20)18-8-10-19-9-3-11-24(19,21)22/h1-2,4-7,15H,3,8-11H2,(H,18,20). The third-order valence-corrected chi connectivity index (χ3v) is 5.37. The minimum absolute atomic E-state index is 0.0280. The number of alkyl halides is 2. The molecule has 1 fully saturated rings. The van der Waals surface area contributed by atoms with Crippen molar-refractivity contribution in [1.82, 2.24) is 9.62 Å². The van der Waals surface area contributed by atoms with Crippen molar-refractivity contribution in [2.45, 2.75) is 13.0 Å². The summed E-state index contributed by atoms with van der Waals surface area (Å²) in [6, 6.07) is 6.10. The van der Waals surface area contributed by atoms with E-state index < -0.39 is 22.5 Å². The monoisotopic (exact) mass is 360 g/mol. The van der Waals surface area contributed by atoms with Gasteiger partial charge >= 0.3 is 6.61 Å². The number of benzene rings is 1. The van der Waals surface area contributed by atoms with Crippen LogP contribution in [0.25, 0.3) is 6.08 Å². The fourth-order valence-electron chi connectivity index (χ4n) is 2.29. The van der Waals surface area contributed by atoms with E-state index in [1.54, 1.807) is 12.1 Å². The lowest BCUT2D eigenvalue weighted by Gasteiger charge is -2.13. The number of ether oxygens (including phenoxy) is 1. The van der Waals surface area contributed by atoms with Gasteiger partial charge in [-0.15, -0.1) is 0 Å². The lowest BCUT2D eigenvalue weighted by atomic mass is 10.2. The van der Waals surface area contributed by atoms with E-state index in [-0.39, 0.29) is 24.6 Å². The Hall–Kier alpha value is -2.00. The quantitative estimate of drug-likeness (QED) is 0.747. The Morgan fingerprint density at radius 2 is 2.12 bits per heavy atom. The molecule has 0 bridgehead atoms. The third-order valence-electron chi connectivity index (χ3n) is 3.41. The highest BCUT2D eigenvalue weighted by molar-refractivity contribution is 7.89. The highest BCUT2D eigenvalue weighted by Gasteiger charge is 2.27. The number of halogens is 2. The maximum atomic E-state index is 12.3. The van der Waals surface area contributed by atoms with Gasteiger partial charge < -0.3 is 10.1 Å². The first-order valence-corrected chi connectivity index (χ1v) is 8.97. The zero-order valence-corrected chi connectivity index (χ0v) is 13.6. The van der Waals surface area contributed by atoms with Crippen molar-refractivity contribution in [3.05, 3.63) is 35.9 Å². The van der Waals surface area contributed by atoms with Crippen molar-refractivity contribution < 1.29 is 26.7 Å². The molecule has 1 saturated heterocycles. The first-order chi connectivity index (χ1) is 11.4. The molecule has 24 heavy (non-hydrogen) atoms. The van der Waals surface area contributed by atoms with Crippen LogP contribution in [0.15, 0.2) is 30.3 Å². The fourth-order valence-corrected chi connectivity index (χ4v) is 3.82. The topological polar surface area (TPSA) is 75.7 Å². The molecule has 9 heteroatoms. The third kappa shape index (κ3) is 5.27. The molecule has 0 spiro atoms. The normalized spacial score (nSPS) is 17.5. The van der Waals surface area contributed by atoms with Crippen LogP contribution >= 0.6 is 0 Å². The second kappa shape index (κ2) is 8.20. The summed E-state index contributed by atoms with van der Waals surface area (Å²) in [5.41, 5.74) is 0.343. The van der Waals surface area contributed by atoms with Gasteiger partial charge in [-0.2, -0.15) is 8.78 Å². The largest absolute Gasteiger partial charge is 0.434 e. The second-order valence-electron chi connectivity index (χ2n) is 5.11. The van der Waals surface area contributed by atoms with Crippen LogP contribution in [-0.4, -0.2) is 50.6 Å². The molecule has 1 aliphatic heterocycles. The molecule has 1 aromatic carbocycles. The van der Waals surface area contributed by atoms with E-state index in [4.69, 9.17) is 0 Å². The molecule has 0 radical (unpaired) electrons. The summed E-state index contributed by atoms with van der Waals surface area (Å²) >= 11 is 0. The van der Waals surface area contributed by atoms with Crippen LogP contribution in [0.5, 0.6) is 5.75 Å². The Balaban J connectivity index is 1.85. The molecular formula is C15H18F2N2O4S. The Labute approximate surface area is 139 Å². The average molecular weight is 360 g/mol. The SMILES string of the molecule is O=C(C=Cc1ccccc1OC(F)F)NCCN1CCCS1(=O)=O. The van der Waals surface area contributed by atoms with Crippen LogP contribution in [0.2, 0.25) is 0 Å². The van der Waals surface area contributed by atoms with E-state index in [1.807, 2.05) is 0 Å². The summed E-state index contributed by atoms with van der Waals surface area (Å²) in [7, 11) is -3.18. The van der Waals surface area contributed by atoms with Gasteiger partial charge in [0, 0.05) is 31.3 Å². The fraction of sp³-hybridized carbons (Fsp3) is 0.400. The average Bonchev–Trinajstić information content (AvgIpc) is 2.85. The minimum Gasteiger partial charge on any atom is -0.434 e. The first kappa shape index (κ1) is 18.3. The van der Waals surface area contributed by atoms with E-state index in [9.17, 15) is 22.0 Å². The molecule has 132 valence electrons. The number of rotatable bonds is 7. The summed E-state index contributed by atoms with van der Waals surface area (Å²) < 4.78 is 53.5. The summed E-state index contributed by atoms with van der Waals surface area (Å²) in [5.74, 6) is -0.333. The highest BCUT2D eigenvalue weighted by atomic mass is 32.2. The molecule has 1 heterocycles. The number of nitrogens with zero attached hydrogens (tertiary/aromatic N) is 1. The number of carbonyl (C=O) groups excluding carboxylic acids is 1. The van der Waals surface area contributed by atoms with Gasteiger partial charge in [0.25, 0.3) is 0 Å². The molecule has 1 aliphatic rings. The smallest absolute Gasteiger partial charge is 0.387 e. The predicted molar refractivity (Wildman–Crippen MR) is 85.1 cm³/mol. The highest BCUT2D eigenvalue weighted by Crippen LogP contribution is 2.21. The van der Waals surface area contributed by atoms with Crippen LogP contribution in [0.1, 0.15) is 12.0 Å².